The molecule has 0 aromatic heterocycles. The predicted molar refractivity (Wildman–Crippen MR) is 57.6 cm³/mol. The Morgan fingerprint density at radius 3 is 2.73 bits per heavy atom. The highest BCUT2D eigenvalue weighted by Crippen LogP contribution is 1.92. The first-order valence-corrected chi connectivity index (χ1v) is 4.84. The van der Waals surface area contributed by atoms with Crippen LogP contribution in [0.1, 0.15) is 12.8 Å². The lowest BCUT2D eigenvalue weighted by atomic mass is 10.3. The third-order valence-corrected chi connectivity index (χ3v) is 1.79. The van der Waals surface area contributed by atoms with Gasteiger partial charge >= 0.3 is 5.97 Å². The number of nitrogens with zero attached hydrogens (tertiary/aromatic N) is 1. The highest BCUT2D eigenvalue weighted by molar-refractivity contribution is 5.78. The molecular weight excluding hydrogens is 196 g/mol. The first-order valence-electron chi connectivity index (χ1n) is 4.84. The van der Waals surface area contributed by atoms with Crippen molar-refractivity contribution in [1.82, 2.24) is 10.2 Å². The summed E-state index contributed by atoms with van der Waals surface area (Å²) in [6, 6.07) is 0. The van der Waals surface area contributed by atoms with Crippen LogP contribution in [-0.4, -0.2) is 48.6 Å². The Balaban J connectivity index is 3.54. The first kappa shape index (κ1) is 13.6. The van der Waals surface area contributed by atoms with Crippen molar-refractivity contribution in [3.8, 4) is 0 Å². The van der Waals surface area contributed by atoms with Crippen molar-refractivity contribution in [1.29, 1.82) is 0 Å². The second-order valence-corrected chi connectivity index (χ2v) is 3.33. The van der Waals surface area contributed by atoms with E-state index in [0.717, 1.165) is 0 Å². The number of nitrogens with one attached hydrogen (secondary N) is 1. The minimum Gasteiger partial charge on any atom is -0.481 e. The zero-order valence-electron chi connectivity index (χ0n) is 9.03. The SMILES string of the molecule is C=CCNC(=O)CN(C)CCCC(=O)O. The van der Waals surface area contributed by atoms with E-state index in [0.29, 0.717) is 19.5 Å². The minimum atomic E-state index is -0.806. The van der Waals surface area contributed by atoms with E-state index in [2.05, 4.69) is 11.9 Å². The second kappa shape index (κ2) is 7.99. The first-order chi connectivity index (χ1) is 7.06. The molecule has 0 aromatic rings. The Kier molecular flexibility index (Phi) is 7.27. The summed E-state index contributed by atoms with van der Waals surface area (Å²) in [7, 11) is 1.79. The molecule has 0 aliphatic heterocycles. The Hall–Kier alpha value is -1.36. The van der Waals surface area contributed by atoms with E-state index in [1.54, 1.807) is 18.0 Å². The molecule has 0 bridgehead atoms. The Morgan fingerprint density at radius 2 is 2.20 bits per heavy atom. The van der Waals surface area contributed by atoms with E-state index in [4.69, 9.17) is 5.11 Å². The maximum atomic E-state index is 11.2. The van der Waals surface area contributed by atoms with Gasteiger partial charge in [-0.3, -0.25) is 14.5 Å². The fourth-order valence-electron chi connectivity index (χ4n) is 1.07. The van der Waals surface area contributed by atoms with Crippen LogP contribution in [0.5, 0.6) is 0 Å². The number of amides is 1. The lowest BCUT2D eigenvalue weighted by molar-refractivity contribution is -0.137. The van der Waals surface area contributed by atoms with Gasteiger partial charge in [0.15, 0.2) is 0 Å². The number of carbonyl (C=O) groups is 2. The normalized spacial score (nSPS) is 10.0. The molecule has 0 saturated carbocycles. The van der Waals surface area contributed by atoms with E-state index in [9.17, 15) is 9.59 Å². The average molecular weight is 214 g/mol. The number of carbonyl (C=O) groups excluding carboxylic acids is 1. The highest BCUT2D eigenvalue weighted by Gasteiger charge is 2.05. The summed E-state index contributed by atoms with van der Waals surface area (Å²) in [5, 5.41) is 11.1. The molecule has 0 aliphatic rings. The standard InChI is InChI=1S/C10H18N2O3/c1-3-6-11-9(13)8-12(2)7-4-5-10(14)15/h3H,1,4-8H2,2H3,(H,11,13)(H,14,15). The number of hydrogen-bond donors (Lipinski definition) is 2. The number of aliphatic carboxylic acids is 1. The van der Waals surface area contributed by atoms with Crippen LogP contribution in [0, 0.1) is 0 Å². The van der Waals surface area contributed by atoms with Crippen LogP contribution in [0.15, 0.2) is 12.7 Å². The van der Waals surface area contributed by atoms with Crippen molar-refractivity contribution in [3.63, 3.8) is 0 Å². The van der Waals surface area contributed by atoms with Gasteiger partial charge in [-0.25, -0.2) is 0 Å². The molecule has 15 heavy (non-hydrogen) atoms. The van der Waals surface area contributed by atoms with Gasteiger partial charge in [-0.05, 0) is 20.0 Å². The van der Waals surface area contributed by atoms with Crippen LogP contribution in [0.4, 0.5) is 0 Å². The molecule has 0 fully saturated rings. The highest BCUT2D eigenvalue weighted by atomic mass is 16.4. The van der Waals surface area contributed by atoms with E-state index in [1.807, 2.05) is 0 Å². The zero-order chi connectivity index (χ0) is 11.7. The van der Waals surface area contributed by atoms with Crippen molar-refractivity contribution in [3.05, 3.63) is 12.7 Å². The van der Waals surface area contributed by atoms with Gasteiger partial charge in [-0.1, -0.05) is 6.08 Å². The van der Waals surface area contributed by atoms with Crippen LogP contribution < -0.4 is 5.32 Å². The Morgan fingerprint density at radius 1 is 1.53 bits per heavy atom. The smallest absolute Gasteiger partial charge is 0.303 e. The summed E-state index contributed by atoms with van der Waals surface area (Å²) in [6.07, 6.45) is 2.31. The third-order valence-electron chi connectivity index (χ3n) is 1.79. The summed E-state index contributed by atoms with van der Waals surface area (Å²) in [5.41, 5.74) is 0. The number of carboxylic acid groups (broad SMARTS) is 1. The Labute approximate surface area is 89.8 Å². The van der Waals surface area contributed by atoms with Gasteiger partial charge in [0.2, 0.25) is 5.91 Å². The minimum absolute atomic E-state index is 0.0762. The average Bonchev–Trinajstić information content (AvgIpc) is 2.14. The lowest BCUT2D eigenvalue weighted by Crippen LogP contribution is -2.35. The van der Waals surface area contributed by atoms with Gasteiger partial charge in [-0.15, -0.1) is 6.58 Å². The van der Waals surface area contributed by atoms with Gasteiger partial charge in [0.1, 0.15) is 0 Å². The molecular formula is C10H18N2O3. The molecule has 0 unspecified atom stereocenters. The van der Waals surface area contributed by atoms with E-state index in [1.165, 1.54) is 0 Å². The van der Waals surface area contributed by atoms with Crippen molar-refractivity contribution in [2.75, 3.05) is 26.7 Å². The van der Waals surface area contributed by atoms with Crippen molar-refractivity contribution >= 4 is 11.9 Å². The molecule has 0 spiro atoms. The maximum Gasteiger partial charge on any atom is 0.303 e. The van der Waals surface area contributed by atoms with Crippen LogP contribution in [0.25, 0.3) is 0 Å². The summed E-state index contributed by atoms with van der Waals surface area (Å²) in [4.78, 5) is 23.2. The number of carboxylic acids is 1. The number of hydrogen-bond acceptors (Lipinski definition) is 3. The van der Waals surface area contributed by atoms with Crippen LogP contribution in [0.3, 0.4) is 0 Å². The van der Waals surface area contributed by atoms with E-state index < -0.39 is 5.97 Å². The topological polar surface area (TPSA) is 69.6 Å². The predicted octanol–water partition coefficient (Wildman–Crippen LogP) is 0.0852. The summed E-state index contributed by atoms with van der Waals surface area (Å²) >= 11 is 0. The van der Waals surface area contributed by atoms with Crippen LogP contribution in [-0.2, 0) is 9.59 Å². The van der Waals surface area contributed by atoms with Gasteiger partial charge in [0.25, 0.3) is 0 Å². The van der Waals surface area contributed by atoms with E-state index in [-0.39, 0.29) is 18.9 Å². The monoisotopic (exact) mass is 214 g/mol. The molecule has 0 atom stereocenters. The largest absolute Gasteiger partial charge is 0.481 e. The molecule has 0 rings (SSSR count). The van der Waals surface area contributed by atoms with E-state index >= 15 is 0 Å². The zero-order valence-corrected chi connectivity index (χ0v) is 9.03. The van der Waals surface area contributed by atoms with Crippen LogP contribution in [0.2, 0.25) is 0 Å². The van der Waals surface area contributed by atoms with Gasteiger partial charge in [0, 0.05) is 13.0 Å². The fraction of sp³-hybridized carbons (Fsp3) is 0.600. The van der Waals surface area contributed by atoms with Gasteiger partial charge < -0.3 is 10.4 Å². The summed E-state index contributed by atoms with van der Waals surface area (Å²) < 4.78 is 0. The van der Waals surface area contributed by atoms with Crippen molar-refractivity contribution in [2.24, 2.45) is 0 Å². The molecule has 5 heteroatoms. The number of likely N-dealkylation sites (N-methyl/N-ethyl adjacent to an activating group) is 1. The quantitative estimate of drug-likeness (QED) is 0.562. The molecule has 0 radical (unpaired) electrons. The molecule has 86 valence electrons. The summed E-state index contributed by atoms with van der Waals surface area (Å²) in [6.45, 7) is 4.84. The maximum absolute atomic E-state index is 11.2. The molecule has 5 nitrogen and oxygen atoms in total. The lowest BCUT2D eigenvalue weighted by Gasteiger charge is -2.14. The van der Waals surface area contributed by atoms with Crippen molar-refractivity contribution in [2.45, 2.75) is 12.8 Å². The van der Waals surface area contributed by atoms with Gasteiger partial charge in [-0.2, -0.15) is 0 Å². The van der Waals surface area contributed by atoms with Crippen molar-refractivity contribution < 1.29 is 14.7 Å². The second-order valence-electron chi connectivity index (χ2n) is 3.33. The fourth-order valence-corrected chi connectivity index (χ4v) is 1.07. The molecule has 0 heterocycles. The molecule has 0 saturated heterocycles. The molecule has 1 amide bonds. The number of rotatable bonds is 8. The summed E-state index contributed by atoms with van der Waals surface area (Å²) in [5.74, 6) is -0.882. The van der Waals surface area contributed by atoms with Gasteiger partial charge in [0.05, 0.1) is 6.54 Å². The Bertz CT molecular complexity index is 229. The molecule has 0 aliphatic carbocycles. The molecule has 2 N–H and O–H groups in total. The molecule has 0 aromatic carbocycles. The van der Waals surface area contributed by atoms with Crippen LogP contribution >= 0.6 is 0 Å². The third kappa shape index (κ3) is 8.96.